The van der Waals surface area contributed by atoms with Crippen LogP contribution in [0.2, 0.25) is 0 Å². The molecule has 2 unspecified atom stereocenters. The highest BCUT2D eigenvalue weighted by Crippen LogP contribution is 2.37. The fourth-order valence-corrected chi connectivity index (χ4v) is 2.78. The standard InChI is InChI=1S/C18H20FN/c1-3-14-5-4-6-15(11-14)17(9-10-20)18-12-16(19)8-7-13(18)2/h4-6,8,11-13,17H,3,7,9H2,1-2H3. The summed E-state index contributed by atoms with van der Waals surface area (Å²) in [6.45, 7) is 4.21. The lowest BCUT2D eigenvalue weighted by Crippen LogP contribution is -2.12. The molecule has 0 N–H and O–H groups in total. The van der Waals surface area contributed by atoms with E-state index in [1.54, 1.807) is 12.2 Å². The van der Waals surface area contributed by atoms with Crippen LogP contribution in [0.5, 0.6) is 0 Å². The molecule has 0 fully saturated rings. The van der Waals surface area contributed by atoms with E-state index >= 15 is 0 Å². The third kappa shape index (κ3) is 3.17. The van der Waals surface area contributed by atoms with E-state index in [1.165, 1.54) is 5.56 Å². The summed E-state index contributed by atoms with van der Waals surface area (Å²) in [7, 11) is 0. The van der Waals surface area contributed by atoms with Crippen LogP contribution < -0.4 is 0 Å². The molecule has 20 heavy (non-hydrogen) atoms. The molecule has 0 aromatic heterocycles. The molecule has 0 saturated heterocycles. The predicted octanol–water partition coefficient (Wildman–Crippen LogP) is 5.07. The number of allylic oxidation sites excluding steroid dienone is 4. The molecule has 1 nitrogen and oxygen atoms in total. The predicted molar refractivity (Wildman–Crippen MR) is 79.8 cm³/mol. The van der Waals surface area contributed by atoms with Crippen molar-refractivity contribution in [1.29, 1.82) is 5.26 Å². The Morgan fingerprint density at radius 3 is 2.95 bits per heavy atom. The van der Waals surface area contributed by atoms with Gasteiger partial charge in [0, 0.05) is 12.3 Å². The number of aryl methyl sites for hydroxylation is 1. The summed E-state index contributed by atoms with van der Waals surface area (Å²) in [6, 6.07) is 10.6. The van der Waals surface area contributed by atoms with Crippen LogP contribution in [-0.4, -0.2) is 0 Å². The van der Waals surface area contributed by atoms with E-state index in [0.717, 1.165) is 17.6 Å². The Kier molecular flexibility index (Phi) is 4.74. The first-order valence-corrected chi connectivity index (χ1v) is 7.18. The van der Waals surface area contributed by atoms with E-state index in [4.69, 9.17) is 5.26 Å². The molecule has 0 amide bonds. The average Bonchev–Trinajstić information content (AvgIpc) is 2.47. The molecular weight excluding hydrogens is 249 g/mol. The van der Waals surface area contributed by atoms with Gasteiger partial charge in [-0.25, -0.2) is 4.39 Å². The van der Waals surface area contributed by atoms with E-state index < -0.39 is 0 Å². The van der Waals surface area contributed by atoms with Gasteiger partial charge < -0.3 is 0 Å². The number of benzene rings is 1. The Labute approximate surface area is 120 Å². The maximum Gasteiger partial charge on any atom is 0.119 e. The van der Waals surface area contributed by atoms with Crippen molar-refractivity contribution in [2.45, 2.75) is 39.0 Å². The third-order valence-electron chi connectivity index (χ3n) is 4.00. The first-order valence-electron chi connectivity index (χ1n) is 7.18. The SMILES string of the molecule is CCc1cccc(C(CC#N)C2=CC(F)=CCC2C)c1. The topological polar surface area (TPSA) is 23.8 Å². The van der Waals surface area contributed by atoms with Crippen molar-refractivity contribution >= 4 is 0 Å². The average molecular weight is 269 g/mol. The zero-order valence-corrected chi connectivity index (χ0v) is 12.1. The number of hydrogen-bond donors (Lipinski definition) is 0. The van der Waals surface area contributed by atoms with Crippen molar-refractivity contribution in [3.05, 3.63) is 58.9 Å². The van der Waals surface area contributed by atoms with Crippen molar-refractivity contribution in [1.82, 2.24) is 0 Å². The second kappa shape index (κ2) is 6.52. The summed E-state index contributed by atoms with van der Waals surface area (Å²) in [5, 5.41) is 9.12. The number of nitrogens with zero attached hydrogens (tertiary/aromatic N) is 1. The number of nitriles is 1. The van der Waals surface area contributed by atoms with E-state index in [-0.39, 0.29) is 17.7 Å². The summed E-state index contributed by atoms with van der Waals surface area (Å²) in [5.41, 5.74) is 3.42. The maximum atomic E-state index is 13.6. The van der Waals surface area contributed by atoms with Gasteiger partial charge in [0.05, 0.1) is 6.07 Å². The second-order valence-electron chi connectivity index (χ2n) is 5.38. The van der Waals surface area contributed by atoms with Gasteiger partial charge in [-0.1, -0.05) is 43.7 Å². The van der Waals surface area contributed by atoms with Crippen LogP contribution in [0.1, 0.15) is 43.7 Å². The Balaban J connectivity index is 2.40. The summed E-state index contributed by atoms with van der Waals surface area (Å²) >= 11 is 0. The van der Waals surface area contributed by atoms with Crippen LogP contribution >= 0.6 is 0 Å². The zero-order valence-electron chi connectivity index (χ0n) is 12.1. The molecule has 0 spiro atoms. The van der Waals surface area contributed by atoms with Crippen LogP contribution in [0.4, 0.5) is 4.39 Å². The van der Waals surface area contributed by atoms with Crippen LogP contribution in [0.15, 0.2) is 47.8 Å². The van der Waals surface area contributed by atoms with E-state index in [1.807, 2.05) is 12.1 Å². The van der Waals surface area contributed by atoms with Crippen molar-refractivity contribution in [2.75, 3.05) is 0 Å². The quantitative estimate of drug-likeness (QED) is 0.749. The highest BCUT2D eigenvalue weighted by molar-refractivity contribution is 5.38. The van der Waals surface area contributed by atoms with Gasteiger partial charge in [0.1, 0.15) is 5.83 Å². The molecule has 1 aromatic rings. The molecule has 0 saturated carbocycles. The van der Waals surface area contributed by atoms with Crippen molar-refractivity contribution in [3.63, 3.8) is 0 Å². The molecule has 2 heteroatoms. The summed E-state index contributed by atoms with van der Waals surface area (Å²) in [6.07, 6.45) is 5.33. The van der Waals surface area contributed by atoms with Crippen molar-refractivity contribution in [2.24, 2.45) is 5.92 Å². The van der Waals surface area contributed by atoms with E-state index in [9.17, 15) is 4.39 Å². The maximum absolute atomic E-state index is 13.6. The van der Waals surface area contributed by atoms with Crippen molar-refractivity contribution in [3.8, 4) is 6.07 Å². The Hall–Kier alpha value is -1.88. The van der Waals surface area contributed by atoms with Gasteiger partial charge in [-0.15, -0.1) is 0 Å². The van der Waals surface area contributed by atoms with Gasteiger partial charge >= 0.3 is 0 Å². The van der Waals surface area contributed by atoms with Crippen LogP contribution in [0.25, 0.3) is 0 Å². The Bertz CT molecular complexity index is 577. The Morgan fingerprint density at radius 2 is 2.25 bits per heavy atom. The summed E-state index contributed by atoms with van der Waals surface area (Å²) in [5.74, 6) is 0.117. The molecule has 0 aliphatic heterocycles. The first kappa shape index (κ1) is 14.5. The lowest BCUT2D eigenvalue weighted by Gasteiger charge is -2.26. The molecule has 1 aromatic carbocycles. The number of hydrogen-bond acceptors (Lipinski definition) is 1. The van der Waals surface area contributed by atoms with Crippen molar-refractivity contribution < 1.29 is 4.39 Å². The van der Waals surface area contributed by atoms with Crippen LogP contribution in [-0.2, 0) is 6.42 Å². The molecule has 2 atom stereocenters. The zero-order chi connectivity index (χ0) is 14.5. The highest BCUT2D eigenvalue weighted by atomic mass is 19.1. The lowest BCUT2D eigenvalue weighted by molar-refractivity contribution is 0.566. The first-order chi connectivity index (χ1) is 9.65. The fraction of sp³-hybridized carbons (Fsp3) is 0.389. The smallest absolute Gasteiger partial charge is 0.119 e. The van der Waals surface area contributed by atoms with Gasteiger partial charge in [0.2, 0.25) is 0 Å². The fourth-order valence-electron chi connectivity index (χ4n) is 2.78. The van der Waals surface area contributed by atoms with Gasteiger partial charge in [-0.3, -0.25) is 0 Å². The molecule has 0 bridgehead atoms. The number of rotatable bonds is 4. The lowest BCUT2D eigenvalue weighted by atomic mass is 9.78. The highest BCUT2D eigenvalue weighted by Gasteiger charge is 2.23. The summed E-state index contributed by atoms with van der Waals surface area (Å²) < 4.78 is 13.6. The van der Waals surface area contributed by atoms with E-state index in [2.05, 4.69) is 32.0 Å². The van der Waals surface area contributed by atoms with Crippen LogP contribution in [0, 0.1) is 17.2 Å². The minimum atomic E-state index is -0.173. The van der Waals surface area contributed by atoms with Crippen LogP contribution in [0.3, 0.4) is 0 Å². The Morgan fingerprint density at radius 1 is 1.45 bits per heavy atom. The van der Waals surface area contributed by atoms with Gasteiger partial charge in [0.15, 0.2) is 0 Å². The minimum absolute atomic E-state index is 0.000880. The molecule has 0 radical (unpaired) electrons. The van der Waals surface area contributed by atoms with E-state index in [0.29, 0.717) is 12.8 Å². The molecule has 1 aliphatic carbocycles. The minimum Gasteiger partial charge on any atom is -0.207 e. The van der Waals surface area contributed by atoms with Gasteiger partial charge in [-0.2, -0.15) is 5.26 Å². The molecule has 1 aliphatic rings. The summed E-state index contributed by atoms with van der Waals surface area (Å²) in [4.78, 5) is 0. The monoisotopic (exact) mass is 269 g/mol. The third-order valence-corrected chi connectivity index (χ3v) is 4.00. The molecule has 0 heterocycles. The molecular formula is C18H20FN. The molecule has 2 rings (SSSR count). The largest absolute Gasteiger partial charge is 0.207 e. The number of halogens is 1. The van der Waals surface area contributed by atoms with Gasteiger partial charge in [0.25, 0.3) is 0 Å². The molecule has 104 valence electrons. The normalized spacial score (nSPS) is 19.8. The second-order valence-corrected chi connectivity index (χ2v) is 5.38. The van der Waals surface area contributed by atoms with Gasteiger partial charge in [-0.05, 0) is 42.0 Å².